The van der Waals surface area contributed by atoms with Crippen LogP contribution in [0.15, 0.2) is 24.3 Å². The molecular weight excluding hydrogens is 308 g/mol. The number of hydrogen-bond donors (Lipinski definition) is 1. The van der Waals surface area contributed by atoms with Crippen molar-refractivity contribution in [1.29, 1.82) is 0 Å². The SMILES string of the molecule is CC[C@H]1CCCCN1c1nn(-c2ccccc2OC)nc1C(=O)O. The Kier molecular flexibility index (Phi) is 4.69. The van der Waals surface area contributed by atoms with Crippen molar-refractivity contribution >= 4 is 11.8 Å². The smallest absolute Gasteiger partial charge is 0.360 e. The highest BCUT2D eigenvalue weighted by molar-refractivity contribution is 5.91. The second-order valence-corrected chi connectivity index (χ2v) is 5.89. The number of benzene rings is 1. The van der Waals surface area contributed by atoms with Gasteiger partial charge in [0.2, 0.25) is 5.69 Å². The van der Waals surface area contributed by atoms with E-state index in [4.69, 9.17) is 4.74 Å². The summed E-state index contributed by atoms with van der Waals surface area (Å²) in [5.74, 6) is -0.0202. The van der Waals surface area contributed by atoms with E-state index < -0.39 is 5.97 Å². The van der Waals surface area contributed by atoms with Crippen LogP contribution in [0.4, 0.5) is 5.82 Å². The van der Waals surface area contributed by atoms with E-state index in [2.05, 4.69) is 22.0 Å². The molecule has 0 amide bonds. The Hall–Kier alpha value is -2.57. The first kappa shape index (κ1) is 16.3. The van der Waals surface area contributed by atoms with Gasteiger partial charge in [0, 0.05) is 12.6 Å². The summed E-state index contributed by atoms with van der Waals surface area (Å²) in [5, 5.41) is 18.3. The van der Waals surface area contributed by atoms with Crippen LogP contribution in [0.25, 0.3) is 5.69 Å². The fourth-order valence-electron chi connectivity index (χ4n) is 3.24. The molecule has 24 heavy (non-hydrogen) atoms. The summed E-state index contributed by atoms with van der Waals surface area (Å²) in [6.45, 7) is 2.93. The average molecular weight is 330 g/mol. The van der Waals surface area contributed by atoms with E-state index in [1.54, 1.807) is 13.2 Å². The number of nitrogens with zero attached hydrogens (tertiary/aromatic N) is 4. The summed E-state index contributed by atoms with van der Waals surface area (Å²) in [5.41, 5.74) is 0.611. The van der Waals surface area contributed by atoms with Gasteiger partial charge < -0.3 is 14.7 Å². The molecule has 0 saturated carbocycles. The molecule has 1 aliphatic heterocycles. The summed E-state index contributed by atoms with van der Waals surface area (Å²) >= 11 is 0. The third-order valence-corrected chi connectivity index (χ3v) is 4.47. The molecular formula is C17H22N4O3. The molecule has 3 rings (SSSR count). The molecule has 0 bridgehead atoms. The molecule has 7 heteroatoms. The van der Waals surface area contributed by atoms with Gasteiger partial charge in [0.25, 0.3) is 0 Å². The third kappa shape index (κ3) is 2.93. The molecule has 0 unspecified atom stereocenters. The van der Waals surface area contributed by atoms with Gasteiger partial charge in [-0.1, -0.05) is 19.1 Å². The van der Waals surface area contributed by atoms with Crippen molar-refractivity contribution in [3.8, 4) is 11.4 Å². The van der Waals surface area contributed by atoms with E-state index in [-0.39, 0.29) is 5.69 Å². The lowest BCUT2D eigenvalue weighted by atomic mass is 10.00. The molecule has 2 aromatic rings. The summed E-state index contributed by atoms with van der Waals surface area (Å²) < 4.78 is 5.34. The molecule has 2 heterocycles. The lowest BCUT2D eigenvalue weighted by Crippen LogP contribution is -2.40. The van der Waals surface area contributed by atoms with Crippen LogP contribution in [-0.2, 0) is 0 Å². The van der Waals surface area contributed by atoms with E-state index in [0.29, 0.717) is 23.3 Å². The molecule has 1 fully saturated rings. The number of anilines is 1. The number of rotatable bonds is 5. The summed E-state index contributed by atoms with van der Waals surface area (Å²) in [7, 11) is 1.57. The summed E-state index contributed by atoms with van der Waals surface area (Å²) in [6, 6.07) is 7.61. The first-order chi connectivity index (χ1) is 11.7. The molecule has 1 N–H and O–H groups in total. The van der Waals surface area contributed by atoms with Crippen LogP contribution in [0, 0.1) is 0 Å². The minimum atomic E-state index is -1.06. The number of carboxylic acid groups (broad SMARTS) is 1. The first-order valence-electron chi connectivity index (χ1n) is 8.26. The van der Waals surface area contributed by atoms with Gasteiger partial charge in [-0.15, -0.1) is 15.0 Å². The maximum atomic E-state index is 11.7. The van der Waals surface area contributed by atoms with E-state index in [1.807, 2.05) is 18.2 Å². The zero-order valence-electron chi connectivity index (χ0n) is 14.0. The quantitative estimate of drug-likeness (QED) is 0.908. The molecule has 1 saturated heterocycles. The number of methoxy groups -OCH3 is 1. The minimum absolute atomic E-state index is 0.0127. The largest absolute Gasteiger partial charge is 0.494 e. The fraction of sp³-hybridized carbons (Fsp3) is 0.471. The summed E-state index contributed by atoms with van der Waals surface area (Å²) in [4.78, 5) is 15.1. The van der Waals surface area contributed by atoms with Crippen molar-refractivity contribution in [3.63, 3.8) is 0 Å². The molecule has 1 atom stereocenters. The van der Waals surface area contributed by atoms with Gasteiger partial charge in [-0.3, -0.25) is 0 Å². The minimum Gasteiger partial charge on any atom is -0.494 e. The van der Waals surface area contributed by atoms with Crippen LogP contribution in [0.3, 0.4) is 0 Å². The Morgan fingerprint density at radius 1 is 1.33 bits per heavy atom. The van der Waals surface area contributed by atoms with Crippen molar-refractivity contribution in [1.82, 2.24) is 15.0 Å². The predicted octanol–water partition coefficient (Wildman–Crippen LogP) is 2.74. The monoisotopic (exact) mass is 330 g/mol. The zero-order valence-corrected chi connectivity index (χ0v) is 14.0. The molecule has 1 aromatic carbocycles. The van der Waals surface area contributed by atoms with Gasteiger partial charge in [-0.2, -0.15) is 0 Å². The molecule has 0 radical (unpaired) electrons. The highest BCUT2D eigenvalue weighted by Gasteiger charge is 2.29. The van der Waals surface area contributed by atoms with Crippen molar-refractivity contribution < 1.29 is 14.6 Å². The van der Waals surface area contributed by atoms with E-state index in [0.717, 1.165) is 32.2 Å². The van der Waals surface area contributed by atoms with Crippen LogP contribution in [0.2, 0.25) is 0 Å². The van der Waals surface area contributed by atoms with Gasteiger partial charge in [-0.05, 0) is 37.8 Å². The normalized spacial score (nSPS) is 17.8. The van der Waals surface area contributed by atoms with Gasteiger partial charge in [-0.25, -0.2) is 4.79 Å². The first-order valence-corrected chi connectivity index (χ1v) is 8.26. The number of carbonyl (C=O) groups is 1. The summed E-state index contributed by atoms with van der Waals surface area (Å²) in [6.07, 6.45) is 4.22. The molecule has 1 aromatic heterocycles. The fourth-order valence-corrected chi connectivity index (χ4v) is 3.24. The molecule has 0 spiro atoms. The van der Waals surface area contributed by atoms with Gasteiger partial charge in [0.1, 0.15) is 11.4 Å². The standard InChI is InChI=1S/C17H22N4O3/c1-3-12-8-6-7-11-20(12)16-15(17(22)23)18-21(19-16)13-9-4-5-10-14(13)24-2/h4-5,9-10,12H,3,6-8,11H2,1-2H3,(H,22,23)/t12-/m0/s1. The molecule has 128 valence electrons. The van der Waals surface area contributed by atoms with Gasteiger partial charge in [0.05, 0.1) is 7.11 Å². The molecule has 1 aliphatic rings. The number of hydrogen-bond acceptors (Lipinski definition) is 5. The van der Waals surface area contributed by atoms with Gasteiger partial charge >= 0.3 is 5.97 Å². The second kappa shape index (κ2) is 6.90. The van der Waals surface area contributed by atoms with Gasteiger partial charge in [0.15, 0.2) is 5.82 Å². The van der Waals surface area contributed by atoms with E-state index >= 15 is 0 Å². The molecule has 0 aliphatic carbocycles. The Labute approximate surface area is 140 Å². The number of aromatic carboxylic acids is 1. The number of carboxylic acids is 1. The van der Waals surface area contributed by atoms with Crippen LogP contribution in [0.1, 0.15) is 43.1 Å². The predicted molar refractivity (Wildman–Crippen MR) is 90.1 cm³/mol. The Morgan fingerprint density at radius 2 is 2.12 bits per heavy atom. The lowest BCUT2D eigenvalue weighted by Gasteiger charge is -2.35. The maximum Gasteiger partial charge on any atom is 0.360 e. The van der Waals surface area contributed by atoms with E-state index in [9.17, 15) is 9.90 Å². The average Bonchev–Trinajstić information content (AvgIpc) is 3.07. The third-order valence-electron chi connectivity index (χ3n) is 4.47. The highest BCUT2D eigenvalue weighted by Crippen LogP contribution is 2.29. The number of piperidine rings is 1. The number of para-hydroxylation sites is 2. The van der Waals surface area contributed by atoms with Crippen LogP contribution < -0.4 is 9.64 Å². The van der Waals surface area contributed by atoms with Crippen LogP contribution in [-0.4, -0.2) is 45.8 Å². The van der Waals surface area contributed by atoms with Crippen molar-refractivity contribution in [3.05, 3.63) is 30.0 Å². The van der Waals surface area contributed by atoms with Crippen molar-refractivity contribution in [2.24, 2.45) is 0 Å². The Bertz CT molecular complexity index is 728. The number of aromatic nitrogens is 3. The zero-order chi connectivity index (χ0) is 17.1. The maximum absolute atomic E-state index is 11.7. The van der Waals surface area contributed by atoms with E-state index in [1.165, 1.54) is 4.80 Å². The van der Waals surface area contributed by atoms with Crippen LogP contribution >= 0.6 is 0 Å². The molecule has 7 nitrogen and oxygen atoms in total. The second-order valence-electron chi connectivity index (χ2n) is 5.89. The van der Waals surface area contributed by atoms with Crippen molar-refractivity contribution in [2.75, 3.05) is 18.6 Å². The Morgan fingerprint density at radius 3 is 2.83 bits per heavy atom. The Balaban J connectivity index is 2.07. The topological polar surface area (TPSA) is 80.5 Å². The highest BCUT2D eigenvalue weighted by atomic mass is 16.5. The number of ether oxygens (including phenoxy) is 1. The van der Waals surface area contributed by atoms with Crippen LogP contribution in [0.5, 0.6) is 5.75 Å². The lowest BCUT2D eigenvalue weighted by molar-refractivity contribution is 0.0690. The van der Waals surface area contributed by atoms with Crippen molar-refractivity contribution in [2.45, 2.75) is 38.6 Å².